The van der Waals surface area contributed by atoms with Crippen LogP contribution < -0.4 is 10.2 Å². The van der Waals surface area contributed by atoms with Crippen molar-refractivity contribution in [2.75, 3.05) is 32.6 Å². The Balaban J connectivity index is 2.08. The van der Waals surface area contributed by atoms with E-state index in [0.717, 1.165) is 25.7 Å². The number of hydrogen-bond donors (Lipinski definition) is 1. The summed E-state index contributed by atoms with van der Waals surface area (Å²) in [6, 6.07) is 4.41. The van der Waals surface area contributed by atoms with Crippen molar-refractivity contribution in [2.24, 2.45) is 11.8 Å². The van der Waals surface area contributed by atoms with Gasteiger partial charge in [0.1, 0.15) is 5.69 Å². The van der Waals surface area contributed by atoms with Crippen molar-refractivity contribution in [3.8, 4) is 0 Å². The van der Waals surface area contributed by atoms with E-state index in [4.69, 9.17) is 4.74 Å². The van der Waals surface area contributed by atoms with Crippen LogP contribution in [0.2, 0.25) is 0 Å². The molecule has 0 radical (unpaired) electrons. The summed E-state index contributed by atoms with van der Waals surface area (Å²) in [5, 5.41) is 14.1. The molecule has 1 aliphatic rings. The number of carbonyl (C=O) groups excluding carboxylic acids is 2. The van der Waals surface area contributed by atoms with Gasteiger partial charge in [-0.15, -0.1) is 0 Å². The number of esters is 1. The summed E-state index contributed by atoms with van der Waals surface area (Å²) in [6.45, 7) is 0.349. The minimum absolute atomic E-state index is 0.0242. The van der Waals surface area contributed by atoms with Crippen molar-refractivity contribution in [1.82, 2.24) is 5.32 Å². The highest BCUT2D eigenvalue weighted by Gasteiger charge is 2.32. The van der Waals surface area contributed by atoms with Crippen molar-refractivity contribution in [2.45, 2.75) is 25.7 Å². The molecule has 0 spiro atoms. The number of benzene rings is 1. The molecule has 2 rings (SSSR count). The fourth-order valence-electron chi connectivity index (χ4n) is 3.43. The highest BCUT2D eigenvalue weighted by molar-refractivity contribution is 5.95. The van der Waals surface area contributed by atoms with Gasteiger partial charge in [0, 0.05) is 32.3 Å². The van der Waals surface area contributed by atoms with Crippen LogP contribution in [0, 0.1) is 22.0 Å². The van der Waals surface area contributed by atoms with E-state index in [-0.39, 0.29) is 35.0 Å². The molecule has 1 aromatic rings. The van der Waals surface area contributed by atoms with E-state index in [9.17, 15) is 19.7 Å². The van der Waals surface area contributed by atoms with Crippen LogP contribution in [0.3, 0.4) is 0 Å². The predicted molar refractivity (Wildman–Crippen MR) is 97.2 cm³/mol. The molecule has 0 heterocycles. The molecule has 0 bridgehead atoms. The second-order valence-electron chi connectivity index (χ2n) is 6.74. The Morgan fingerprint density at radius 3 is 2.62 bits per heavy atom. The van der Waals surface area contributed by atoms with Gasteiger partial charge in [0.05, 0.1) is 18.0 Å². The summed E-state index contributed by atoms with van der Waals surface area (Å²) >= 11 is 0. The van der Waals surface area contributed by atoms with E-state index < -0.39 is 4.92 Å². The van der Waals surface area contributed by atoms with Gasteiger partial charge in [0.15, 0.2) is 0 Å². The average Bonchev–Trinajstić information content (AvgIpc) is 2.64. The molecular weight excluding hydrogens is 338 g/mol. The number of methoxy groups -OCH3 is 1. The number of nitrogens with one attached hydrogen (secondary N) is 1. The lowest BCUT2D eigenvalue weighted by Crippen LogP contribution is -2.37. The zero-order chi connectivity index (χ0) is 19.3. The molecule has 1 fully saturated rings. The smallest absolute Gasteiger partial charge is 0.309 e. The molecule has 2 atom stereocenters. The van der Waals surface area contributed by atoms with Crippen LogP contribution in [0.15, 0.2) is 18.2 Å². The summed E-state index contributed by atoms with van der Waals surface area (Å²) in [5.41, 5.74) is 0.546. The first kappa shape index (κ1) is 19.7. The predicted octanol–water partition coefficient (Wildman–Crippen LogP) is 2.37. The first-order chi connectivity index (χ1) is 12.3. The molecule has 8 nitrogen and oxygen atoms in total. The first-order valence-electron chi connectivity index (χ1n) is 8.67. The second kappa shape index (κ2) is 8.64. The second-order valence-corrected chi connectivity index (χ2v) is 6.74. The largest absolute Gasteiger partial charge is 0.469 e. The van der Waals surface area contributed by atoms with Crippen molar-refractivity contribution in [3.63, 3.8) is 0 Å². The number of ether oxygens (including phenoxy) is 1. The zero-order valence-corrected chi connectivity index (χ0v) is 15.4. The third kappa shape index (κ3) is 4.50. The van der Waals surface area contributed by atoms with Crippen LogP contribution in [0.5, 0.6) is 0 Å². The Hall–Kier alpha value is -2.64. The molecule has 1 N–H and O–H groups in total. The summed E-state index contributed by atoms with van der Waals surface area (Å²) in [5.74, 6) is -0.807. The van der Waals surface area contributed by atoms with Crippen LogP contribution in [-0.2, 0) is 9.53 Å². The molecular formula is C18H25N3O5. The third-order valence-corrected chi connectivity index (χ3v) is 4.85. The molecule has 142 valence electrons. The number of carbonyl (C=O) groups is 2. The molecule has 1 aromatic carbocycles. The van der Waals surface area contributed by atoms with Gasteiger partial charge in [-0.3, -0.25) is 19.7 Å². The summed E-state index contributed by atoms with van der Waals surface area (Å²) in [7, 11) is 4.79. The van der Waals surface area contributed by atoms with E-state index in [1.54, 1.807) is 31.1 Å². The molecule has 1 amide bonds. The number of hydrogen-bond acceptors (Lipinski definition) is 6. The van der Waals surface area contributed by atoms with Gasteiger partial charge in [-0.25, -0.2) is 0 Å². The van der Waals surface area contributed by atoms with Gasteiger partial charge in [-0.1, -0.05) is 12.8 Å². The molecule has 0 aromatic heterocycles. The van der Waals surface area contributed by atoms with Crippen LogP contribution in [0.4, 0.5) is 11.4 Å². The molecule has 26 heavy (non-hydrogen) atoms. The van der Waals surface area contributed by atoms with E-state index in [2.05, 4.69) is 5.32 Å². The Morgan fingerprint density at radius 2 is 2.00 bits per heavy atom. The molecule has 0 saturated heterocycles. The molecule has 8 heteroatoms. The third-order valence-electron chi connectivity index (χ3n) is 4.85. The van der Waals surface area contributed by atoms with Crippen molar-refractivity contribution >= 4 is 23.3 Å². The molecule has 2 unspecified atom stereocenters. The van der Waals surface area contributed by atoms with Crippen molar-refractivity contribution in [3.05, 3.63) is 33.9 Å². The van der Waals surface area contributed by atoms with E-state index >= 15 is 0 Å². The van der Waals surface area contributed by atoms with Gasteiger partial charge in [-0.05, 0) is 30.9 Å². The number of amides is 1. The Labute approximate surface area is 152 Å². The van der Waals surface area contributed by atoms with E-state index in [1.165, 1.54) is 13.2 Å². The van der Waals surface area contributed by atoms with Crippen LogP contribution in [0.25, 0.3) is 0 Å². The van der Waals surface area contributed by atoms with Gasteiger partial charge in [0.2, 0.25) is 0 Å². The first-order valence-corrected chi connectivity index (χ1v) is 8.67. The van der Waals surface area contributed by atoms with Gasteiger partial charge in [0.25, 0.3) is 11.6 Å². The molecule has 1 aliphatic carbocycles. The van der Waals surface area contributed by atoms with Crippen molar-refractivity contribution in [1.29, 1.82) is 0 Å². The van der Waals surface area contributed by atoms with E-state index in [1.807, 2.05) is 0 Å². The maximum absolute atomic E-state index is 12.4. The highest BCUT2D eigenvalue weighted by atomic mass is 16.6. The summed E-state index contributed by atoms with van der Waals surface area (Å²) in [4.78, 5) is 36.7. The normalized spacial score (nSPS) is 19.5. The van der Waals surface area contributed by atoms with Gasteiger partial charge < -0.3 is 15.0 Å². The minimum Gasteiger partial charge on any atom is -0.469 e. The number of anilines is 1. The van der Waals surface area contributed by atoms with Crippen LogP contribution in [-0.4, -0.2) is 44.5 Å². The summed E-state index contributed by atoms with van der Waals surface area (Å²) < 4.78 is 4.86. The SMILES string of the molecule is COC(=O)C1CCCCC1CNC(=O)c1ccc(N(C)C)c([N+](=O)[O-])c1. The number of nitro benzene ring substituents is 1. The monoisotopic (exact) mass is 363 g/mol. The lowest BCUT2D eigenvalue weighted by atomic mass is 9.79. The standard InChI is InChI=1S/C18H25N3O5/c1-20(2)15-9-8-12(10-16(15)21(24)25)17(22)19-11-13-6-4-5-7-14(13)18(23)26-3/h8-10,13-14H,4-7,11H2,1-3H3,(H,19,22). The highest BCUT2D eigenvalue weighted by Crippen LogP contribution is 2.31. The Morgan fingerprint density at radius 1 is 1.31 bits per heavy atom. The number of nitrogens with zero attached hydrogens (tertiary/aromatic N) is 2. The van der Waals surface area contributed by atoms with Gasteiger partial charge in [-0.2, -0.15) is 0 Å². The molecule has 1 saturated carbocycles. The average molecular weight is 363 g/mol. The quantitative estimate of drug-likeness (QED) is 0.473. The zero-order valence-electron chi connectivity index (χ0n) is 15.4. The lowest BCUT2D eigenvalue weighted by molar-refractivity contribution is -0.384. The Bertz CT molecular complexity index is 689. The topological polar surface area (TPSA) is 102 Å². The maximum Gasteiger partial charge on any atom is 0.309 e. The van der Waals surface area contributed by atoms with Crippen LogP contribution >= 0.6 is 0 Å². The lowest BCUT2D eigenvalue weighted by Gasteiger charge is -2.29. The van der Waals surface area contributed by atoms with Crippen LogP contribution in [0.1, 0.15) is 36.0 Å². The van der Waals surface area contributed by atoms with Gasteiger partial charge >= 0.3 is 5.97 Å². The van der Waals surface area contributed by atoms with E-state index in [0.29, 0.717) is 12.2 Å². The minimum atomic E-state index is -0.499. The van der Waals surface area contributed by atoms with Crippen molar-refractivity contribution < 1.29 is 19.2 Å². The fraction of sp³-hybridized carbons (Fsp3) is 0.556. The maximum atomic E-state index is 12.4. The fourth-order valence-corrected chi connectivity index (χ4v) is 3.43. The number of nitro groups is 1. The summed E-state index contributed by atoms with van der Waals surface area (Å²) in [6.07, 6.45) is 3.59. The molecule has 0 aliphatic heterocycles. The number of rotatable bonds is 6. The Kier molecular flexibility index (Phi) is 6.54.